The minimum absolute atomic E-state index is 0.0228. The molecule has 2 unspecified atom stereocenters. The van der Waals surface area contributed by atoms with Crippen LogP contribution < -0.4 is 5.32 Å². The van der Waals surface area contributed by atoms with Crippen molar-refractivity contribution in [3.63, 3.8) is 0 Å². The number of unbranched alkanes of at least 4 members (excludes halogenated alkanes) is 51. The lowest BCUT2D eigenvalue weighted by Gasteiger charge is -2.22. The van der Waals surface area contributed by atoms with Gasteiger partial charge >= 0.3 is 0 Å². The van der Waals surface area contributed by atoms with Gasteiger partial charge in [0.1, 0.15) is 0 Å². The molecule has 0 aliphatic rings. The molecule has 0 heterocycles. The number of aliphatic hydroxyl groups excluding tert-OH is 2. The van der Waals surface area contributed by atoms with Gasteiger partial charge in [-0.15, -0.1) is 0 Å². The molecule has 0 aliphatic carbocycles. The lowest BCUT2D eigenvalue weighted by molar-refractivity contribution is -0.123. The molecular weight excluding hydrogens is 867 g/mol. The van der Waals surface area contributed by atoms with Crippen LogP contribution in [0.25, 0.3) is 0 Å². The molecule has 3 N–H and O–H groups in total. The van der Waals surface area contributed by atoms with E-state index in [1.165, 1.54) is 321 Å². The molecule has 0 spiro atoms. The molecule has 0 aliphatic heterocycles. The molecular formula is C67H131NO3. The number of nitrogens with one attached hydrogen (secondary N) is 1. The maximum Gasteiger partial charge on any atom is 0.220 e. The lowest BCUT2D eigenvalue weighted by Crippen LogP contribution is -2.45. The zero-order valence-corrected chi connectivity index (χ0v) is 48.8. The summed E-state index contributed by atoms with van der Waals surface area (Å²) < 4.78 is 0. The highest BCUT2D eigenvalue weighted by molar-refractivity contribution is 5.76. The fourth-order valence-corrected chi connectivity index (χ4v) is 10.7. The summed E-state index contributed by atoms with van der Waals surface area (Å²) >= 11 is 0. The van der Waals surface area contributed by atoms with Gasteiger partial charge < -0.3 is 15.5 Å². The molecule has 0 radical (unpaired) electrons. The first-order valence-electron chi connectivity index (χ1n) is 33.0. The Morgan fingerprint density at radius 1 is 0.338 bits per heavy atom. The standard InChI is InChI=1S/C67H131NO3/c1-3-5-7-9-11-13-15-17-19-21-23-25-27-29-31-33-34-35-37-39-41-43-45-47-49-51-53-55-57-59-61-63-67(71)68-65(64-69)66(70)62-60-58-56-54-52-50-48-46-44-42-40-38-36-32-30-28-26-24-22-20-18-16-14-12-10-8-6-4-2/h15,17,21,23,65-66,69-70H,3-14,16,18-20,22,24-64H2,1-2H3,(H,68,71)/b17-15-,23-21-. The molecule has 0 bridgehead atoms. The lowest BCUT2D eigenvalue weighted by atomic mass is 10.0. The first kappa shape index (κ1) is 69.9. The number of amides is 1. The number of carbonyl (C=O) groups excluding carboxylic acids is 1. The van der Waals surface area contributed by atoms with E-state index in [0.29, 0.717) is 12.8 Å². The number of hydrogen-bond donors (Lipinski definition) is 3. The SMILES string of the molecule is CCCCCCC/C=C\C/C=C\CCCCCCCCCCCCCCCCCCCCCC(=O)NC(CO)C(O)CCCCCCCCCCCCCCCCCCCCCCCCCCCCCC. The highest BCUT2D eigenvalue weighted by Gasteiger charge is 2.20. The Kier molecular flexibility index (Phi) is 62.2. The fraction of sp³-hybridized carbons (Fsp3) is 0.925. The Hall–Kier alpha value is -1.13. The first-order chi connectivity index (χ1) is 35.2. The normalized spacial score (nSPS) is 12.8. The zero-order valence-electron chi connectivity index (χ0n) is 48.8. The molecule has 0 aromatic carbocycles. The van der Waals surface area contributed by atoms with E-state index in [4.69, 9.17) is 0 Å². The Bertz CT molecular complexity index is 1040. The second-order valence-corrected chi connectivity index (χ2v) is 22.9. The van der Waals surface area contributed by atoms with Gasteiger partial charge in [0, 0.05) is 6.42 Å². The van der Waals surface area contributed by atoms with Gasteiger partial charge in [-0.3, -0.25) is 4.79 Å². The Labute approximate surface area is 447 Å². The second-order valence-electron chi connectivity index (χ2n) is 22.9. The van der Waals surface area contributed by atoms with Gasteiger partial charge in [0.15, 0.2) is 0 Å². The van der Waals surface area contributed by atoms with Crippen molar-refractivity contribution >= 4 is 5.91 Å². The molecule has 0 aromatic heterocycles. The predicted molar refractivity (Wildman–Crippen MR) is 318 cm³/mol. The number of aliphatic hydroxyl groups is 2. The quantitative estimate of drug-likeness (QED) is 0.0420. The smallest absolute Gasteiger partial charge is 0.220 e. The number of carbonyl (C=O) groups is 1. The predicted octanol–water partition coefficient (Wildman–Crippen LogP) is 22.2. The third-order valence-electron chi connectivity index (χ3n) is 15.7. The first-order valence-corrected chi connectivity index (χ1v) is 33.0. The van der Waals surface area contributed by atoms with Crippen LogP contribution in [0.3, 0.4) is 0 Å². The van der Waals surface area contributed by atoms with Crippen LogP contribution >= 0.6 is 0 Å². The summed E-state index contributed by atoms with van der Waals surface area (Å²) in [6, 6.07) is -0.535. The van der Waals surface area contributed by atoms with Crippen molar-refractivity contribution in [3.05, 3.63) is 24.3 Å². The van der Waals surface area contributed by atoms with E-state index in [-0.39, 0.29) is 12.5 Å². The van der Waals surface area contributed by atoms with Gasteiger partial charge in [0.2, 0.25) is 5.91 Å². The van der Waals surface area contributed by atoms with Gasteiger partial charge in [-0.2, -0.15) is 0 Å². The van der Waals surface area contributed by atoms with Crippen molar-refractivity contribution < 1.29 is 15.0 Å². The van der Waals surface area contributed by atoms with Gasteiger partial charge in [-0.1, -0.05) is 353 Å². The summed E-state index contributed by atoms with van der Waals surface area (Å²) in [5, 5.41) is 23.4. The molecule has 0 saturated carbocycles. The largest absolute Gasteiger partial charge is 0.394 e. The molecule has 4 nitrogen and oxygen atoms in total. The Morgan fingerprint density at radius 2 is 0.577 bits per heavy atom. The monoisotopic (exact) mass is 998 g/mol. The third-order valence-corrected chi connectivity index (χ3v) is 15.7. The average Bonchev–Trinajstić information content (AvgIpc) is 3.37. The molecule has 1 amide bonds. The maximum atomic E-state index is 12.5. The molecule has 0 rings (SSSR count). The van der Waals surface area contributed by atoms with Crippen LogP contribution in [0.5, 0.6) is 0 Å². The number of allylic oxidation sites excluding steroid dienone is 4. The fourth-order valence-electron chi connectivity index (χ4n) is 10.7. The highest BCUT2D eigenvalue weighted by atomic mass is 16.3. The van der Waals surface area contributed by atoms with Crippen molar-refractivity contribution in [3.8, 4) is 0 Å². The number of rotatable bonds is 62. The van der Waals surface area contributed by atoms with E-state index < -0.39 is 12.1 Å². The van der Waals surface area contributed by atoms with Gasteiger partial charge in [0.25, 0.3) is 0 Å². The molecule has 0 fully saturated rings. The van der Waals surface area contributed by atoms with Crippen molar-refractivity contribution in [2.45, 2.75) is 392 Å². The van der Waals surface area contributed by atoms with E-state index in [0.717, 1.165) is 32.1 Å². The molecule has 0 aromatic rings. The zero-order chi connectivity index (χ0) is 51.3. The van der Waals surface area contributed by atoms with Crippen molar-refractivity contribution in [1.29, 1.82) is 0 Å². The molecule has 4 heteroatoms. The highest BCUT2D eigenvalue weighted by Crippen LogP contribution is 2.19. The third kappa shape index (κ3) is 59.6. The van der Waals surface area contributed by atoms with E-state index in [9.17, 15) is 15.0 Å². The Morgan fingerprint density at radius 3 is 0.845 bits per heavy atom. The van der Waals surface area contributed by atoms with Gasteiger partial charge in [-0.25, -0.2) is 0 Å². The van der Waals surface area contributed by atoms with Crippen LogP contribution in [0.1, 0.15) is 380 Å². The summed E-state index contributed by atoms with van der Waals surface area (Å²) in [6.45, 7) is 4.40. The van der Waals surface area contributed by atoms with Gasteiger partial charge in [-0.05, 0) is 44.9 Å². The average molecular weight is 999 g/mol. The van der Waals surface area contributed by atoms with Crippen LogP contribution in [0.4, 0.5) is 0 Å². The Balaban J connectivity index is 3.39. The summed E-state index contributed by atoms with van der Waals surface area (Å²) in [4.78, 5) is 12.5. The summed E-state index contributed by atoms with van der Waals surface area (Å²) in [5.74, 6) is -0.0228. The maximum absolute atomic E-state index is 12.5. The van der Waals surface area contributed by atoms with Crippen LogP contribution in [-0.4, -0.2) is 34.9 Å². The van der Waals surface area contributed by atoms with Crippen LogP contribution in [0.15, 0.2) is 24.3 Å². The van der Waals surface area contributed by atoms with Gasteiger partial charge in [0.05, 0.1) is 18.8 Å². The van der Waals surface area contributed by atoms with Crippen molar-refractivity contribution in [2.75, 3.05) is 6.61 Å². The van der Waals surface area contributed by atoms with E-state index in [1.54, 1.807) is 0 Å². The van der Waals surface area contributed by atoms with Crippen LogP contribution in [-0.2, 0) is 4.79 Å². The van der Waals surface area contributed by atoms with Crippen LogP contribution in [0, 0.1) is 0 Å². The van der Waals surface area contributed by atoms with Crippen molar-refractivity contribution in [1.82, 2.24) is 5.32 Å². The molecule has 2 atom stereocenters. The molecule has 422 valence electrons. The molecule has 0 saturated heterocycles. The van der Waals surface area contributed by atoms with E-state index in [1.807, 2.05) is 0 Å². The summed E-state index contributed by atoms with van der Waals surface area (Å²) in [6.07, 6.45) is 85.0. The minimum Gasteiger partial charge on any atom is -0.394 e. The minimum atomic E-state index is -0.659. The summed E-state index contributed by atoms with van der Waals surface area (Å²) in [7, 11) is 0. The van der Waals surface area contributed by atoms with E-state index in [2.05, 4.69) is 43.5 Å². The second kappa shape index (κ2) is 63.2. The summed E-state index contributed by atoms with van der Waals surface area (Å²) in [5.41, 5.74) is 0. The van der Waals surface area contributed by atoms with E-state index >= 15 is 0 Å². The van der Waals surface area contributed by atoms with Crippen molar-refractivity contribution in [2.24, 2.45) is 0 Å². The topological polar surface area (TPSA) is 69.6 Å². The number of hydrogen-bond acceptors (Lipinski definition) is 3. The molecule has 71 heavy (non-hydrogen) atoms. The van der Waals surface area contributed by atoms with Crippen LogP contribution in [0.2, 0.25) is 0 Å².